The summed E-state index contributed by atoms with van der Waals surface area (Å²) in [6, 6.07) is 18.6. The van der Waals surface area contributed by atoms with E-state index < -0.39 is 0 Å². The van der Waals surface area contributed by atoms with Crippen molar-refractivity contribution in [3.05, 3.63) is 70.9 Å². The van der Waals surface area contributed by atoms with Crippen molar-refractivity contribution in [3.63, 3.8) is 0 Å². The first kappa shape index (κ1) is 13.6. The second kappa shape index (κ2) is 5.97. The number of rotatable bonds is 3. The largest absolute Gasteiger partial charge is 0.506 e. The first-order valence-corrected chi connectivity index (χ1v) is 7.19. The smallest absolute Gasteiger partial charge is 0.145 e. The van der Waals surface area contributed by atoms with Crippen LogP contribution in [0.3, 0.4) is 0 Å². The standard InChI is InChI=1S/C17H12BrNO2/c18-13-7-5-12(6-8-13)17-10-9-14(21-17)11-19-15-3-1-2-4-16(15)20/h1-11,20H. The van der Waals surface area contributed by atoms with E-state index in [0.29, 0.717) is 11.4 Å². The average Bonchev–Trinajstić information content (AvgIpc) is 2.96. The van der Waals surface area contributed by atoms with Crippen molar-refractivity contribution in [2.75, 3.05) is 0 Å². The second-order valence-electron chi connectivity index (χ2n) is 4.46. The summed E-state index contributed by atoms with van der Waals surface area (Å²) in [5, 5.41) is 9.65. The van der Waals surface area contributed by atoms with Crippen LogP contribution in [0.15, 0.2) is 74.5 Å². The summed E-state index contributed by atoms with van der Waals surface area (Å²) in [7, 11) is 0. The molecule has 0 atom stereocenters. The third-order valence-electron chi connectivity index (χ3n) is 2.97. The topological polar surface area (TPSA) is 45.7 Å². The maximum absolute atomic E-state index is 9.65. The Hall–Kier alpha value is -2.33. The Morgan fingerprint density at radius 2 is 1.71 bits per heavy atom. The van der Waals surface area contributed by atoms with E-state index in [2.05, 4.69) is 20.9 Å². The van der Waals surface area contributed by atoms with Gasteiger partial charge < -0.3 is 9.52 Å². The maximum atomic E-state index is 9.65. The molecular weight excluding hydrogens is 330 g/mol. The highest BCUT2D eigenvalue weighted by atomic mass is 79.9. The van der Waals surface area contributed by atoms with Gasteiger partial charge in [-0.25, -0.2) is 4.99 Å². The number of para-hydroxylation sites is 2. The van der Waals surface area contributed by atoms with Crippen LogP contribution < -0.4 is 0 Å². The second-order valence-corrected chi connectivity index (χ2v) is 5.37. The van der Waals surface area contributed by atoms with E-state index in [1.807, 2.05) is 42.5 Å². The molecule has 1 heterocycles. The third-order valence-corrected chi connectivity index (χ3v) is 3.50. The van der Waals surface area contributed by atoms with Gasteiger partial charge in [0.05, 0.1) is 6.21 Å². The number of benzene rings is 2. The maximum Gasteiger partial charge on any atom is 0.145 e. The van der Waals surface area contributed by atoms with Crippen LogP contribution in [0.5, 0.6) is 5.75 Å². The van der Waals surface area contributed by atoms with Gasteiger partial charge in [-0.05, 0) is 36.4 Å². The Labute approximate surface area is 130 Å². The highest BCUT2D eigenvalue weighted by molar-refractivity contribution is 9.10. The number of phenols is 1. The van der Waals surface area contributed by atoms with Crippen molar-refractivity contribution in [1.29, 1.82) is 0 Å². The summed E-state index contributed by atoms with van der Waals surface area (Å²) < 4.78 is 6.75. The molecule has 3 rings (SSSR count). The van der Waals surface area contributed by atoms with Gasteiger partial charge in [-0.3, -0.25) is 0 Å². The predicted octanol–water partition coefficient (Wildman–Crippen LogP) is 5.17. The zero-order chi connectivity index (χ0) is 14.7. The van der Waals surface area contributed by atoms with Crippen molar-refractivity contribution in [3.8, 4) is 17.1 Å². The van der Waals surface area contributed by atoms with Crippen LogP contribution in [0.2, 0.25) is 0 Å². The summed E-state index contributed by atoms with van der Waals surface area (Å²) in [5.41, 5.74) is 1.51. The molecule has 0 aliphatic rings. The molecule has 2 aromatic carbocycles. The van der Waals surface area contributed by atoms with E-state index in [1.54, 1.807) is 24.4 Å². The minimum Gasteiger partial charge on any atom is -0.506 e. The molecule has 0 saturated carbocycles. The molecule has 0 aliphatic heterocycles. The fraction of sp³-hybridized carbons (Fsp3) is 0. The quantitative estimate of drug-likeness (QED) is 0.668. The van der Waals surface area contributed by atoms with Crippen LogP contribution in [0.1, 0.15) is 5.76 Å². The summed E-state index contributed by atoms with van der Waals surface area (Å²) in [5.74, 6) is 1.56. The van der Waals surface area contributed by atoms with Gasteiger partial charge in [0.25, 0.3) is 0 Å². The lowest BCUT2D eigenvalue weighted by molar-refractivity contribution is 0.477. The lowest BCUT2D eigenvalue weighted by Crippen LogP contribution is -1.75. The van der Waals surface area contributed by atoms with Gasteiger partial charge in [-0.2, -0.15) is 0 Å². The molecule has 104 valence electrons. The lowest BCUT2D eigenvalue weighted by atomic mass is 10.2. The van der Waals surface area contributed by atoms with Crippen molar-refractivity contribution >= 4 is 27.8 Å². The third kappa shape index (κ3) is 3.23. The number of furan rings is 1. The summed E-state index contributed by atoms with van der Waals surface area (Å²) in [6.45, 7) is 0. The van der Waals surface area contributed by atoms with E-state index in [0.717, 1.165) is 15.8 Å². The number of hydrogen-bond acceptors (Lipinski definition) is 3. The van der Waals surface area contributed by atoms with E-state index in [4.69, 9.17) is 4.42 Å². The van der Waals surface area contributed by atoms with E-state index in [-0.39, 0.29) is 5.75 Å². The summed E-state index contributed by atoms with van der Waals surface area (Å²) in [6.07, 6.45) is 1.59. The molecule has 1 aromatic heterocycles. The summed E-state index contributed by atoms with van der Waals surface area (Å²) >= 11 is 3.41. The number of phenolic OH excluding ortho intramolecular Hbond substituents is 1. The van der Waals surface area contributed by atoms with Crippen LogP contribution in [0.4, 0.5) is 5.69 Å². The summed E-state index contributed by atoms with van der Waals surface area (Å²) in [4.78, 5) is 4.22. The number of hydrogen-bond donors (Lipinski definition) is 1. The number of aliphatic imine (C=N–C) groups is 1. The lowest BCUT2D eigenvalue weighted by Gasteiger charge is -1.97. The molecule has 0 saturated heterocycles. The van der Waals surface area contributed by atoms with Crippen molar-refractivity contribution in [2.24, 2.45) is 4.99 Å². The van der Waals surface area contributed by atoms with Gasteiger partial charge in [-0.1, -0.05) is 40.2 Å². The van der Waals surface area contributed by atoms with Crippen LogP contribution in [0, 0.1) is 0 Å². The molecule has 0 amide bonds. The van der Waals surface area contributed by atoms with Crippen molar-refractivity contribution in [1.82, 2.24) is 0 Å². The van der Waals surface area contributed by atoms with E-state index >= 15 is 0 Å². The normalized spacial score (nSPS) is 11.1. The highest BCUT2D eigenvalue weighted by Crippen LogP contribution is 2.26. The zero-order valence-corrected chi connectivity index (χ0v) is 12.6. The molecule has 0 spiro atoms. The molecule has 3 aromatic rings. The Morgan fingerprint density at radius 1 is 0.952 bits per heavy atom. The molecular formula is C17H12BrNO2. The van der Waals surface area contributed by atoms with Crippen molar-refractivity contribution in [2.45, 2.75) is 0 Å². The highest BCUT2D eigenvalue weighted by Gasteiger charge is 2.03. The zero-order valence-electron chi connectivity index (χ0n) is 11.0. The van der Waals surface area contributed by atoms with E-state index in [9.17, 15) is 5.11 Å². The van der Waals surface area contributed by atoms with Crippen LogP contribution in [-0.4, -0.2) is 11.3 Å². The monoisotopic (exact) mass is 341 g/mol. The van der Waals surface area contributed by atoms with Gasteiger partial charge in [0, 0.05) is 10.0 Å². The molecule has 0 bridgehead atoms. The molecule has 0 aliphatic carbocycles. The molecule has 21 heavy (non-hydrogen) atoms. The molecule has 0 fully saturated rings. The van der Waals surface area contributed by atoms with Gasteiger partial charge in [0.2, 0.25) is 0 Å². The first-order chi connectivity index (χ1) is 10.2. The van der Waals surface area contributed by atoms with Crippen LogP contribution >= 0.6 is 15.9 Å². The van der Waals surface area contributed by atoms with Gasteiger partial charge in [0.15, 0.2) is 0 Å². The molecule has 1 N–H and O–H groups in total. The minimum atomic E-state index is 0.147. The van der Waals surface area contributed by atoms with E-state index in [1.165, 1.54) is 0 Å². The predicted molar refractivity (Wildman–Crippen MR) is 87.2 cm³/mol. The Bertz CT molecular complexity index is 775. The number of halogens is 1. The average molecular weight is 342 g/mol. The first-order valence-electron chi connectivity index (χ1n) is 6.40. The number of aromatic hydroxyl groups is 1. The van der Waals surface area contributed by atoms with Crippen molar-refractivity contribution < 1.29 is 9.52 Å². The molecule has 4 heteroatoms. The van der Waals surface area contributed by atoms with Gasteiger partial charge >= 0.3 is 0 Å². The molecule has 0 radical (unpaired) electrons. The van der Waals surface area contributed by atoms with Crippen LogP contribution in [-0.2, 0) is 0 Å². The minimum absolute atomic E-state index is 0.147. The van der Waals surface area contributed by atoms with Crippen LogP contribution in [0.25, 0.3) is 11.3 Å². The Balaban J connectivity index is 1.82. The Kier molecular flexibility index (Phi) is 3.88. The molecule has 0 unspecified atom stereocenters. The fourth-order valence-corrected chi connectivity index (χ4v) is 2.16. The van der Waals surface area contributed by atoms with Gasteiger partial charge in [-0.15, -0.1) is 0 Å². The fourth-order valence-electron chi connectivity index (χ4n) is 1.90. The SMILES string of the molecule is Oc1ccccc1N=Cc1ccc(-c2ccc(Br)cc2)o1. The number of nitrogens with zero attached hydrogens (tertiary/aromatic N) is 1. The Morgan fingerprint density at radius 3 is 2.48 bits per heavy atom. The van der Waals surface area contributed by atoms with Gasteiger partial charge in [0.1, 0.15) is 23.0 Å². The molecule has 3 nitrogen and oxygen atoms in total.